The summed E-state index contributed by atoms with van der Waals surface area (Å²) in [4.78, 5) is 29.6. The van der Waals surface area contributed by atoms with Crippen molar-refractivity contribution in [2.75, 3.05) is 31.1 Å². The molecule has 1 aliphatic heterocycles. The van der Waals surface area contributed by atoms with Crippen LogP contribution in [0.5, 0.6) is 0 Å². The average molecular weight is 316 g/mol. The molecule has 1 amide bonds. The van der Waals surface area contributed by atoms with Crippen molar-refractivity contribution in [1.29, 1.82) is 5.26 Å². The highest BCUT2D eigenvalue weighted by Crippen LogP contribution is 2.22. The number of pyridine rings is 1. The summed E-state index contributed by atoms with van der Waals surface area (Å²) < 4.78 is 4.78. The minimum absolute atomic E-state index is 0.0793. The molecule has 7 nitrogen and oxygen atoms in total. The summed E-state index contributed by atoms with van der Waals surface area (Å²) in [7, 11) is 0. The number of carbonyl (C=O) groups excluding carboxylic acids is 2. The van der Waals surface area contributed by atoms with Crippen molar-refractivity contribution >= 4 is 17.7 Å². The first-order valence-electron chi connectivity index (χ1n) is 7.68. The number of hydrogen-bond acceptors (Lipinski definition) is 6. The van der Waals surface area contributed by atoms with E-state index in [1.165, 1.54) is 0 Å². The van der Waals surface area contributed by atoms with Gasteiger partial charge in [0.2, 0.25) is 5.91 Å². The van der Waals surface area contributed by atoms with E-state index in [1.807, 2.05) is 12.1 Å². The topological polar surface area (TPSA) is 95.3 Å². The van der Waals surface area contributed by atoms with Gasteiger partial charge in [0.15, 0.2) is 0 Å². The number of nitrogens with one attached hydrogen (secondary N) is 1. The minimum atomic E-state index is -0.417. The summed E-state index contributed by atoms with van der Waals surface area (Å²) in [5.74, 6) is 0.194. The number of piperidine rings is 1. The molecule has 2 rings (SSSR count). The molecule has 2 heterocycles. The lowest BCUT2D eigenvalue weighted by molar-refractivity contribution is -0.143. The molecule has 0 aliphatic carbocycles. The molecule has 7 heteroatoms. The fraction of sp³-hybridized carbons (Fsp3) is 0.500. The molecule has 0 atom stereocenters. The molecule has 122 valence electrons. The number of rotatable bonds is 5. The molecular weight excluding hydrogens is 296 g/mol. The number of nitriles is 1. The number of amides is 1. The molecule has 0 saturated carbocycles. The maximum Gasteiger partial charge on any atom is 0.325 e. The molecule has 0 unspecified atom stereocenters. The molecule has 1 aliphatic rings. The van der Waals surface area contributed by atoms with E-state index in [9.17, 15) is 9.59 Å². The molecule has 1 N–H and O–H groups in total. The van der Waals surface area contributed by atoms with E-state index >= 15 is 0 Å². The van der Waals surface area contributed by atoms with Crippen LogP contribution in [0.4, 0.5) is 5.82 Å². The number of hydrogen-bond donors (Lipinski definition) is 1. The quantitative estimate of drug-likeness (QED) is 0.809. The smallest absolute Gasteiger partial charge is 0.325 e. The Hall–Kier alpha value is -2.62. The molecule has 1 aromatic rings. The second-order valence-corrected chi connectivity index (χ2v) is 5.30. The van der Waals surface area contributed by atoms with E-state index in [2.05, 4.69) is 15.2 Å². The van der Waals surface area contributed by atoms with Gasteiger partial charge in [-0.3, -0.25) is 9.59 Å². The van der Waals surface area contributed by atoms with Crippen LogP contribution in [0.25, 0.3) is 0 Å². The van der Waals surface area contributed by atoms with Gasteiger partial charge in [-0.15, -0.1) is 0 Å². The molecule has 0 radical (unpaired) electrons. The highest BCUT2D eigenvalue weighted by molar-refractivity contribution is 5.83. The van der Waals surface area contributed by atoms with E-state index in [1.54, 1.807) is 19.2 Å². The molecule has 1 saturated heterocycles. The van der Waals surface area contributed by atoms with Gasteiger partial charge in [0.1, 0.15) is 18.4 Å². The van der Waals surface area contributed by atoms with Crippen LogP contribution in [0.2, 0.25) is 0 Å². The normalized spacial score (nSPS) is 14.9. The Morgan fingerprint density at radius 1 is 1.43 bits per heavy atom. The number of esters is 1. The number of ether oxygens (including phenoxy) is 1. The van der Waals surface area contributed by atoms with Crippen molar-refractivity contribution in [1.82, 2.24) is 10.3 Å². The van der Waals surface area contributed by atoms with Crippen LogP contribution in [0.3, 0.4) is 0 Å². The summed E-state index contributed by atoms with van der Waals surface area (Å²) in [6, 6.07) is 5.60. The third-order valence-electron chi connectivity index (χ3n) is 3.78. The van der Waals surface area contributed by atoms with E-state index in [0.29, 0.717) is 25.0 Å². The largest absolute Gasteiger partial charge is 0.465 e. The van der Waals surface area contributed by atoms with Crippen LogP contribution in [-0.4, -0.2) is 43.1 Å². The fourth-order valence-electron chi connectivity index (χ4n) is 2.53. The summed E-state index contributed by atoms with van der Waals surface area (Å²) in [6.07, 6.45) is 2.96. The van der Waals surface area contributed by atoms with E-state index in [4.69, 9.17) is 10.00 Å². The van der Waals surface area contributed by atoms with Gasteiger partial charge in [0.05, 0.1) is 12.2 Å². The zero-order chi connectivity index (χ0) is 16.7. The number of nitrogens with zero attached hydrogens (tertiary/aromatic N) is 3. The number of aromatic nitrogens is 1. The lowest BCUT2D eigenvalue weighted by Crippen LogP contribution is -2.42. The van der Waals surface area contributed by atoms with Crippen molar-refractivity contribution in [3.8, 4) is 6.07 Å². The molecule has 0 spiro atoms. The molecule has 0 aromatic carbocycles. The summed E-state index contributed by atoms with van der Waals surface area (Å²) >= 11 is 0. The van der Waals surface area contributed by atoms with Crippen LogP contribution in [0, 0.1) is 17.2 Å². The van der Waals surface area contributed by atoms with Crippen LogP contribution in [0.15, 0.2) is 18.3 Å². The zero-order valence-electron chi connectivity index (χ0n) is 13.1. The standard InChI is InChI=1S/C16H20N4O3/c1-2-23-15(21)11-19-16(22)13-5-7-20(8-6-13)14-4-3-12(9-17)10-18-14/h3-4,10,13H,2,5-8,11H2,1H3,(H,19,22). The van der Waals surface area contributed by atoms with E-state index < -0.39 is 5.97 Å². The summed E-state index contributed by atoms with van der Waals surface area (Å²) in [5.41, 5.74) is 0.530. The molecule has 0 bridgehead atoms. The Morgan fingerprint density at radius 2 is 2.17 bits per heavy atom. The van der Waals surface area contributed by atoms with Gasteiger partial charge in [-0.25, -0.2) is 4.98 Å². The third kappa shape index (κ3) is 4.68. The Morgan fingerprint density at radius 3 is 2.74 bits per heavy atom. The highest BCUT2D eigenvalue weighted by Gasteiger charge is 2.25. The van der Waals surface area contributed by atoms with Gasteiger partial charge in [0, 0.05) is 25.2 Å². The molecule has 1 aromatic heterocycles. The van der Waals surface area contributed by atoms with Gasteiger partial charge in [-0.05, 0) is 31.9 Å². The molecular formula is C16H20N4O3. The number of anilines is 1. The van der Waals surface area contributed by atoms with E-state index in [0.717, 1.165) is 18.9 Å². The summed E-state index contributed by atoms with van der Waals surface area (Å²) in [6.45, 7) is 3.40. The first-order valence-corrected chi connectivity index (χ1v) is 7.68. The predicted molar refractivity (Wildman–Crippen MR) is 83.5 cm³/mol. The van der Waals surface area contributed by atoms with Gasteiger partial charge in [-0.1, -0.05) is 0 Å². The van der Waals surface area contributed by atoms with Gasteiger partial charge < -0.3 is 15.0 Å². The lowest BCUT2D eigenvalue weighted by Gasteiger charge is -2.32. The van der Waals surface area contributed by atoms with Crippen LogP contribution >= 0.6 is 0 Å². The van der Waals surface area contributed by atoms with Crippen molar-refractivity contribution in [3.05, 3.63) is 23.9 Å². The molecule has 23 heavy (non-hydrogen) atoms. The first kappa shape index (κ1) is 16.7. The van der Waals surface area contributed by atoms with Crippen molar-refractivity contribution in [2.24, 2.45) is 5.92 Å². The minimum Gasteiger partial charge on any atom is -0.465 e. The second-order valence-electron chi connectivity index (χ2n) is 5.30. The van der Waals surface area contributed by atoms with E-state index in [-0.39, 0.29) is 18.4 Å². The highest BCUT2D eigenvalue weighted by atomic mass is 16.5. The Balaban J connectivity index is 1.80. The lowest BCUT2D eigenvalue weighted by atomic mass is 9.96. The van der Waals surface area contributed by atoms with Crippen molar-refractivity contribution < 1.29 is 14.3 Å². The number of carbonyl (C=O) groups is 2. The SMILES string of the molecule is CCOC(=O)CNC(=O)C1CCN(c2ccc(C#N)cn2)CC1. The maximum absolute atomic E-state index is 12.0. The second kappa shape index (κ2) is 8.13. The Bertz CT molecular complexity index is 586. The van der Waals surface area contributed by atoms with Crippen LogP contribution in [-0.2, 0) is 14.3 Å². The van der Waals surface area contributed by atoms with Crippen molar-refractivity contribution in [2.45, 2.75) is 19.8 Å². The third-order valence-corrected chi connectivity index (χ3v) is 3.78. The van der Waals surface area contributed by atoms with Crippen LogP contribution < -0.4 is 10.2 Å². The van der Waals surface area contributed by atoms with Gasteiger partial charge >= 0.3 is 5.97 Å². The first-order chi connectivity index (χ1) is 11.1. The van der Waals surface area contributed by atoms with Gasteiger partial charge in [0.25, 0.3) is 0 Å². The average Bonchev–Trinajstić information content (AvgIpc) is 2.60. The molecule has 1 fully saturated rings. The maximum atomic E-state index is 12.0. The zero-order valence-corrected chi connectivity index (χ0v) is 13.1. The van der Waals surface area contributed by atoms with Crippen molar-refractivity contribution in [3.63, 3.8) is 0 Å². The summed E-state index contributed by atoms with van der Waals surface area (Å²) in [5, 5.41) is 11.4. The predicted octanol–water partition coefficient (Wildman–Crippen LogP) is 0.849. The monoisotopic (exact) mass is 316 g/mol. The van der Waals surface area contributed by atoms with Gasteiger partial charge in [-0.2, -0.15) is 5.26 Å². The fourth-order valence-corrected chi connectivity index (χ4v) is 2.53. The Labute approximate surface area is 135 Å². The van der Waals surface area contributed by atoms with Crippen LogP contribution in [0.1, 0.15) is 25.3 Å². The Kier molecular flexibility index (Phi) is 5.92.